The number of ketones is 1. The van der Waals surface area contributed by atoms with E-state index in [2.05, 4.69) is 0 Å². The molecule has 0 spiro atoms. The first-order valence-corrected chi connectivity index (χ1v) is 8.29. The molecular weight excluding hydrogens is 302 g/mol. The molecular formula is C20H21NO3. The molecule has 124 valence electrons. The van der Waals surface area contributed by atoms with Crippen LogP contribution in [0, 0.1) is 5.92 Å². The first kappa shape index (κ1) is 16.2. The van der Waals surface area contributed by atoms with E-state index in [0.29, 0.717) is 31.7 Å². The summed E-state index contributed by atoms with van der Waals surface area (Å²) >= 11 is 0. The van der Waals surface area contributed by atoms with Crippen LogP contribution in [-0.4, -0.2) is 36.3 Å². The predicted molar refractivity (Wildman–Crippen MR) is 92.0 cm³/mol. The monoisotopic (exact) mass is 323 g/mol. The molecule has 0 atom stereocenters. The number of benzene rings is 2. The number of piperidine rings is 1. The van der Waals surface area contributed by atoms with Crippen molar-refractivity contribution in [1.82, 2.24) is 4.90 Å². The lowest BCUT2D eigenvalue weighted by Gasteiger charge is -2.31. The number of rotatable bonds is 5. The minimum atomic E-state index is -0.0236. The normalized spacial score (nSPS) is 15.1. The molecule has 0 unspecified atom stereocenters. The minimum absolute atomic E-state index is 0.00601. The molecule has 0 bridgehead atoms. The second-order valence-electron chi connectivity index (χ2n) is 5.99. The van der Waals surface area contributed by atoms with Gasteiger partial charge in [0.25, 0.3) is 5.91 Å². The molecule has 3 rings (SSSR count). The van der Waals surface area contributed by atoms with E-state index in [4.69, 9.17) is 4.74 Å². The Morgan fingerprint density at radius 1 is 0.917 bits per heavy atom. The minimum Gasteiger partial charge on any atom is -0.484 e. The topological polar surface area (TPSA) is 46.6 Å². The fourth-order valence-corrected chi connectivity index (χ4v) is 2.98. The van der Waals surface area contributed by atoms with Crippen LogP contribution in [0.15, 0.2) is 60.7 Å². The molecule has 1 heterocycles. The van der Waals surface area contributed by atoms with Crippen molar-refractivity contribution < 1.29 is 14.3 Å². The largest absolute Gasteiger partial charge is 0.484 e. The van der Waals surface area contributed by atoms with Crippen LogP contribution in [0.4, 0.5) is 0 Å². The van der Waals surface area contributed by atoms with Gasteiger partial charge in [-0.2, -0.15) is 0 Å². The summed E-state index contributed by atoms with van der Waals surface area (Å²) in [5.41, 5.74) is 0.759. The summed E-state index contributed by atoms with van der Waals surface area (Å²) in [6.07, 6.45) is 1.43. The number of hydrogen-bond donors (Lipinski definition) is 0. The van der Waals surface area contributed by atoms with Crippen molar-refractivity contribution in [1.29, 1.82) is 0 Å². The lowest BCUT2D eigenvalue weighted by Crippen LogP contribution is -2.42. The Labute approximate surface area is 142 Å². The maximum absolute atomic E-state index is 12.5. The quantitative estimate of drug-likeness (QED) is 0.794. The third kappa shape index (κ3) is 4.02. The summed E-state index contributed by atoms with van der Waals surface area (Å²) in [7, 11) is 0. The van der Waals surface area contributed by atoms with Crippen LogP contribution in [0.5, 0.6) is 5.75 Å². The van der Waals surface area contributed by atoms with Gasteiger partial charge in [0.05, 0.1) is 0 Å². The Hall–Kier alpha value is -2.62. The van der Waals surface area contributed by atoms with Crippen molar-refractivity contribution in [3.05, 3.63) is 66.2 Å². The van der Waals surface area contributed by atoms with Crippen molar-refractivity contribution in [3.8, 4) is 5.75 Å². The summed E-state index contributed by atoms with van der Waals surface area (Å²) in [5, 5.41) is 0. The van der Waals surface area contributed by atoms with Gasteiger partial charge in [-0.1, -0.05) is 48.5 Å². The Balaban J connectivity index is 1.48. The molecule has 0 saturated carbocycles. The molecule has 0 aliphatic carbocycles. The standard InChI is InChI=1S/C20H21NO3/c22-19(15-24-18-9-5-2-6-10-18)21-13-11-17(12-14-21)20(23)16-7-3-1-4-8-16/h1-10,17H,11-15H2. The summed E-state index contributed by atoms with van der Waals surface area (Å²) in [6.45, 7) is 1.27. The SMILES string of the molecule is O=C(c1ccccc1)C1CCN(C(=O)COc2ccccc2)CC1. The van der Waals surface area contributed by atoms with Gasteiger partial charge in [0, 0.05) is 24.6 Å². The molecule has 24 heavy (non-hydrogen) atoms. The molecule has 1 fully saturated rings. The maximum Gasteiger partial charge on any atom is 0.260 e. The average molecular weight is 323 g/mol. The molecule has 1 aliphatic rings. The fraction of sp³-hybridized carbons (Fsp3) is 0.300. The maximum atomic E-state index is 12.5. The summed E-state index contributed by atoms with van der Waals surface area (Å²) < 4.78 is 5.51. The van der Waals surface area contributed by atoms with Gasteiger partial charge in [0.15, 0.2) is 12.4 Å². The molecule has 1 saturated heterocycles. The van der Waals surface area contributed by atoms with E-state index >= 15 is 0 Å². The van der Waals surface area contributed by atoms with E-state index in [1.54, 1.807) is 4.90 Å². The summed E-state index contributed by atoms with van der Waals surface area (Å²) in [5.74, 6) is 0.860. The molecule has 1 aliphatic heterocycles. The van der Waals surface area contributed by atoms with Crippen LogP contribution in [-0.2, 0) is 4.79 Å². The molecule has 0 aromatic heterocycles. The van der Waals surface area contributed by atoms with Gasteiger partial charge in [-0.15, -0.1) is 0 Å². The van der Waals surface area contributed by atoms with Gasteiger partial charge in [-0.3, -0.25) is 9.59 Å². The van der Waals surface area contributed by atoms with E-state index in [1.165, 1.54) is 0 Å². The molecule has 1 amide bonds. The van der Waals surface area contributed by atoms with Crippen LogP contribution in [0.1, 0.15) is 23.2 Å². The van der Waals surface area contributed by atoms with Gasteiger partial charge in [-0.05, 0) is 25.0 Å². The average Bonchev–Trinajstić information content (AvgIpc) is 2.67. The zero-order chi connectivity index (χ0) is 16.8. The van der Waals surface area contributed by atoms with Gasteiger partial charge >= 0.3 is 0 Å². The van der Waals surface area contributed by atoms with E-state index in [-0.39, 0.29) is 24.2 Å². The third-order valence-corrected chi connectivity index (χ3v) is 4.38. The van der Waals surface area contributed by atoms with Crippen molar-refractivity contribution in [2.45, 2.75) is 12.8 Å². The zero-order valence-corrected chi connectivity index (χ0v) is 13.6. The molecule has 0 radical (unpaired) electrons. The summed E-state index contributed by atoms with van der Waals surface area (Å²) in [4.78, 5) is 26.5. The van der Waals surface area contributed by atoms with Crippen LogP contribution < -0.4 is 4.74 Å². The number of carbonyl (C=O) groups is 2. The number of amides is 1. The first-order valence-electron chi connectivity index (χ1n) is 8.29. The van der Waals surface area contributed by atoms with Gasteiger partial charge in [0.1, 0.15) is 5.75 Å². The number of Topliss-reactive ketones (excluding diaryl/α,β-unsaturated/α-hetero) is 1. The van der Waals surface area contributed by atoms with E-state index < -0.39 is 0 Å². The number of hydrogen-bond acceptors (Lipinski definition) is 3. The van der Waals surface area contributed by atoms with Gasteiger partial charge in [0.2, 0.25) is 0 Å². The smallest absolute Gasteiger partial charge is 0.260 e. The van der Waals surface area contributed by atoms with Crippen LogP contribution in [0.25, 0.3) is 0 Å². The summed E-state index contributed by atoms with van der Waals surface area (Å²) in [6, 6.07) is 18.7. The Kier molecular flexibility index (Phi) is 5.26. The highest BCUT2D eigenvalue weighted by molar-refractivity contribution is 5.98. The van der Waals surface area contributed by atoms with Crippen molar-refractivity contribution in [2.75, 3.05) is 19.7 Å². The number of carbonyl (C=O) groups excluding carboxylic acids is 2. The van der Waals surface area contributed by atoms with Crippen molar-refractivity contribution >= 4 is 11.7 Å². The Morgan fingerprint density at radius 2 is 1.50 bits per heavy atom. The second-order valence-corrected chi connectivity index (χ2v) is 5.99. The molecule has 4 nitrogen and oxygen atoms in total. The Morgan fingerprint density at radius 3 is 2.12 bits per heavy atom. The lowest BCUT2D eigenvalue weighted by atomic mass is 9.89. The zero-order valence-electron chi connectivity index (χ0n) is 13.6. The molecule has 0 N–H and O–H groups in total. The molecule has 2 aromatic carbocycles. The number of nitrogens with zero attached hydrogens (tertiary/aromatic N) is 1. The van der Waals surface area contributed by atoms with Crippen molar-refractivity contribution in [3.63, 3.8) is 0 Å². The van der Waals surface area contributed by atoms with Gasteiger partial charge in [-0.25, -0.2) is 0 Å². The molecule has 4 heteroatoms. The highest BCUT2D eigenvalue weighted by atomic mass is 16.5. The van der Waals surface area contributed by atoms with E-state index in [0.717, 1.165) is 5.56 Å². The van der Waals surface area contributed by atoms with E-state index in [1.807, 2.05) is 60.7 Å². The first-order chi connectivity index (χ1) is 11.7. The van der Waals surface area contributed by atoms with E-state index in [9.17, 15) is 9.59 Å². The van der Waals surface area contributed by atoms with Crippen LogP contribution in [0.2, 0.25) is 0 Å². The highest BCUT2D eigenvalue weighted by Crippen LogP contribution is 2.22. The predicted octanol–water partition coefficient (Wildman–Crippen LogP) is 3.19. The van der Waals surface area contributed by atoms with Gasteiger partial charge < -0.3 is 9.64 Å². The molecule has 2 aromatic rings. The lowest BCUT2D eigenvalue weighted by molar-refractivity contribution is -0.134. The van der Waals surface area contributed by atoms with Crippen LogP contribution in [0.3, 0.4) is 0 Å². The second kappa shape index (κ2) is 7.77. The fourth-order valence-electron chi connectivity index (χ4n) is 2.98. The highest BCUT2D eigenvalue weighted by Gasteiger charge is 2.27. The number of likely N-dealkylation sites (tertiary alicyclic amines) is 1. The van der Waals surface area contributed by atoms with Crippen molar-refractivity contribution in [2.24, 2.45) is 5.92 Å². The Bertz CT molecular complexity index is 677. The number of ether oxygens (including phenoxy) is 1. The number of para-hydroxylation sites is 1. The van der Waals surface area contributed by atoms with Crippen LogP contribution >= 0.6 is 0 Å². The third-order valence-electron chi connectivity index (χ3n) is 4.38.